The second-order valence-electron chi connectivity index (χ2n) is 3.71. The second kappa shape index (κ2) is 5.47. The minimum Gasteiger partial charge on any atom is -0.481 e. The molecule has 0 amide bonds. The fourth-order valence-electron chi connectivity index (χ4n) is 1.97. The summed E-state index contributed by atoms with van der Waals surface area (Å²) in [5, 5.41) is 9.12. The molecule has 1 rings (SSSR count). The summed E-state index contributed by atoms with van der Waals surface area (Å²) in [6.45, 7) is 0. The van der Waals surface area contributed by atoms with Crippen LogP contribution in [0.2, 0.25) is 0 Å². The van der Waals surface area contributed by atoms with E-state index < -0.39 is 35.7 Å². The predicted octanol–water partition coefficient (Wildman–Crippen LogP) is 0.225. The standard InChI is InChI=1S/C11H14O6/c1-16-10(14)6-4-3-5-7(11(15)17-2)8(6)9(12)13/h3-4,6-8H,5H2,1-2H3,(H,12,13). The normalized spacial score (nSPS) is 27.3. The number of methoxy groups -OCH3 is 2. The molecule has 94 valence electrons. The SMILES string of the molecule is COC(=O)C1C=CCC(C(=O)OC)C1C(=O)O. The zero-order valence-electron chi connectivity index (χ0n) is 9.58. The van der Waals surface area contributed by atoms with E-state index in [0.29, 0.717) is 0 Å². The Morgan fingerprint density at radius 2 is 1.76 bits per heavy atom. The van der Waals surface area contributed by atoms with Crippen molar-refractivity contribution in [3.05, 3.63) is 12.2 Å². The predicted molar refractivity (Wildman–Crippen MR) is 55.9 cm³/mol. The lowest BCUT2D eigenvalue weighted by Gasteiger charge is -2.28. The highest BCUT2D eigenvalue weighted by molar-refractivity contribution is 5.88. The van der Waals surface area contributed by atoms with Crippen LogP contribution in [-0.2, 0) is 23.9 Å². The molecule has 1 aliphatic carbocycles. The molecule has 0 radical (unpaired) electrons. The van der Waals surface area contributed by atoms with Gasteiger partial charge in [-0.1, -0.05) is 12.2 Å². The van der Waals surface area contributed by atoms with Crippen LogP contribution in [0.3, 0.4) is 0 Å². The molecule has 0 saturated heterocycles. The number of carbonyl (C=O) groups is 3. The molecule has 3 atom stereocenters. The minimum atomic E-state index is -1.21. The number of ether oxygens (including phenoxy) is 2. The lowest BCUT2D eigenvalue weighted by atomic mass is 9.75. The number of carboxylic acid groups (broad SMARTS) is 1. The van der Waals surface area contributed by atoms with Crippen LogP contribution in [0.25, 0.3) is 0 Å². The molecule has 0 bridgehead atoms. The van der Waals surface area contributed by atoms with Crippen molar-refractivity contribution >= 4 is 17.9 Å². The first-order valence-corrected chi connectivity index (χ1v) is 5.08. The van der Waals surface area contributed by atoms with Crippen LogP contribution in [0.15, 0.2) is 12.2 Å². The second-order valence-corrected chi connectivity index (χ2v) is 3.71. The Kier molecular flexibility index (Phi) is 4.25. The molecule has 1 N–H and O–H groups in total. The van der Waals surface area contributed by atoms with Crippen LogP contribution in [0, 0.1) is 17.8 Å². The topological polar surface area (TPSA) is 89.9 Å². The zero-order chi connectivity index (χ0) is 13.0. The van der Waals surface area contributed by atoms with Gasteiger partial charge in [0.1, 0.15) is 0 Å². The summed E-state index contributed by atoms with van der Waals surface area (Å²) in [5.74, 6) is -5.44. The fraction of sp³-hybridized carbons (Fsp3) is 0.545. The molecule has 0 fully saturated rings. The first-order chi connectivity index (χ1) is 8.02. The van der Waals surface area contributed by atoms with E-state index in [2.05, 4.69) is 9.47 Å². The van der Waals surface area contributed by atoms with E-state index in [1.807, 2.05) is 0 Å². The number of hydrogen-bond acceptors (Lipinski definition) is 5. The molecule has 6 heteroatoms. The van der Waals surface area contributed by atoms with Crippen LogP contribution in [0.1, 0.15) is 6.42 Å². The zero-order valence-corrected chi connectivity index (χ0v) is 9.58. The third-order valence-corrected chi connectivity index (χ3v) is 2.82. The van der Waals surface area contributed by atoms with Crippen LogP contribution >= 0.6 is 0 Å². The van der Waals surface area contributed by atoms with E-state index in [9.17, 15) is 14.4 Å². The molecule has 0 saturated carbocycles. The molecule has 0 heterocycles. The number of carboxylic acids is 1. The van der Waals surface area contributed by atoms with Crippen molar-refractivity contribution in [1.82, 2.24) is 0 Å². The van der Waals surface area contributed by atoms with Crippen LogP contribution in [0.4, 0.5) is 0 Å². The molecular weight excluding hydrogens is 228 g/mol. The average molecular weight is 242 g/mol. The Balaban J connectivity index is 3.03. The van der Waals surface area contributed by atoms with E-state index >= 15 is 0 Å². The van der Waals surface area contributed by atoms with Gasteiger partial charge in [0.15, 0.2) is 0 Å². The van der Waals surface area contributed by atoms with Gasteiger partial charge in [-0.2, -0.15) is 0 Å². The first kappa shape index (κ1) is 13.2. The summed E-state index contributed by atoms with van der Waals surface area (Å²) < 4.78 is 9.07. The molecule has 1 aliphatic rings. The maximum absolute atomic E-state index is 11.5. The maximum Gasteiger partial charge on any atom is 0.313 e. The van der Waals surface area contributed by atoms with Gasteiger partial charge in [-0.15, -0.1) is 0 Å². The molecule has 0 aliphatic heterocycles. The third-order valence-electron chi connectivity index (χ3n) is 2.82. The molecule has 0 aromatic carbocycles. The van der Waals surface area contributed by atoms with Gasteiger partial charge in [0.2, 0.25) is 0 Å². The van der Waals surface area contributed by atoms with Gasteiger partial charge >= 0.3 is 17.9 Å². The van der Waals surface area contributed by atoms with Crippen molar-refractivity contribution in [3.63, 3.8) is 0 Å². The van der Waals surface area contributed by atoms with Crippen molar-refractivity contribution < 1.29 is 29.0 Å². The molecule has 0 spiro atoms. The fourth-order valence-corrected chi connectivity index (χ4v) is 1.97. The van der Waals surface area contributed by atoms with E-state index in [-0.39, 0.29) is 6.42 Å². The van der Waals surface area contributed by atoms with E-state index in [1.165, 1.54) is 20.3 Å². The Bertz CT molecular complexity index is 359. The highest BCUT2D eigenvalue weighted by atomic mass is 16.5. The summed E-state index contributed by atoms with van der Waals surface area (Å²) in [6.07, 6.45) is 3.31. The minimum absolute atomic E-state index is 0.247. The van der Waals surface area contributed by atoms with Crippen LogP contribution < -0.4 is 0 Å². The van der Waals surface area contributed by atoms with E-state index in [0.717, 1.165) is 0 Å². The van der Waals surface area contributed by atoms with Crippen molar-refractivity contribution in [3.8, 4) is 0 Å². The van der Waals surface area contributed by atoms with E-state index in [1.54, 1.807) is 6.08 Å². The highest BCUT2D eigenvalue weighted by Crippen LogP contribution is 2.32. The summed E-state index contributed by atoms with van der Waals surface area (Å²) >= 11 is 0. The Morgan fingerprint density at radius 3 is 2.24 bits per heavy atom. The molecule has 17 heavy (non-hydrogen) atoms. The quantitative estimate of drug-likeness (QED) is 0.562. The Morgan fingerprint density at radius 1 is 1.18 bits per heavy atom. The molecule has 3 unspecified atom stereocenters. The van der Waals surface area contributed by atoms with Crippen molar-refractivity contribution in [1.29, 1.82) is 0 Å². The van der Waals surface area contributed by atoms with Crippen molar-refractivity contribution in [2.24, 2.45) is 17.8 Å². The summed E-state index contributed by atoms with van der Waals surface area (Å²) in [4.78, 5) is 34.1. The van der Waals surface area contributed by atoms with Crippen LogP contribution in [0.5, 0.6) is 0 Å². The number of allylic oxidation sites excluding steroid dienone is 1. The van der Waals surface area contributed by atoms with Gasteiger partial charge < -0.3 is 14.6 Å². The largest absolute Gasteiger partial charge is 0.481 e. The molecular formula is C11H14O6. The summed E-state index contributed by atoms with van der Waals surface area (Å²) in [6, 6.07) is 0. The molecule has 0 aromatic heterocycles. The highest BCUT2D eigenvalue weighted by Gasteiger charge is 2.44. The lowest BCUT2D eigenvalue weighted by Crippen LogP contribution is -2.40. The van der Waals surface area contributed by atoms with Crippen LogP contribution in [-0.4, -0.2) is 37.2 Å². The number of esters is 2. The van der Waals surface area contributed by atoms with Gasteiger partial charge in [-0.25, -0.2) is 0 Å². The Hall–Kier alpha value is -1.85. The number of rotatable bonds is 3. The smallest absolute Gasteiger partial charge is 0.313 e. The number of carbonyl (C=O) groups excluding carboxylic acids is 2. The maximum atomic E-state index is 11.5. The first-order valence-electron chi connectivity index (χ1n) is 5.08. The Labute approximate surface area is 98.2 Å². The van der Waals surface area contributed by atoms with Gasteiger partial charge in [-0.3, -0.25) is 14.4 Å². The molecule has 0 aromatic rings. The number of hydrogen-bond donors (Lipinski definition) is 1. The van der Waals surface area contributed by atoms with E-state index in [4.69, 9.17) is 5.11 Å². The monoisotopic (exact) mass is 242 g/mol. The summed E-state index contributed by atoms with van der Waals surface area (Å²) in [5.41, 5.74) is 0. The average Bonchev–Trinajstić information content (AvgIpc) is 2.35. The van der Waals surface area contributed by atoms with Gasteiger partial charge in [0.05, 0.1) is 32.0 Å². The molecule has 6 nitrogen and oxygen atoms in total. The van der Waals surface area contributed by atoms with Gasteiger partial charge in [-0.05, 0) is 6.42 Å². The lowest BCUT2D eigenvalue weighted by molar-refractivity contribution is -0.163. The number of aliphatic carboxylic acids is 1. The van der Waals surface area contributed by atoms with Crippen molar-refractivity contribution in [2.45, 2.75) is 6.42 Å². The van der Waals surface area contributed by atoms with Crippen molar-refractivity contribution in [2.75, 3.05) is 14.2 Å². The third kappa shape index (κ3) is 2.64. The van der Waals surface area contributed by atoms with Gasteiger partial charge in [0.25, 0.3) is 0 Å². The summed E-state index contributed by atoms with van der Waals surface area (Å²) in [7, 11) is 2.36. The van der Waals surface area contributed by atoms with Gasteiger partial charge in [0, 0.05) is 0 Å².